The molecule has 0 unspecified atom stereocenters. The fraction of sp³-hybridized carbons (Fsp3) is 0.375. The Bertz CT molecular complexity index is 743. The summed E-state index contributed by atoms with van der Waals surface area (Å²) in [7, 11) is 2.14. The molecule has 0 bridgehead atoms. The lowest BCUT2D eigenvalue weighted by Crippen LogP contribution is -2.41. The minimum Gasteiger partial charge on any atom is -0.486 e. The average Bonchev–Trinajstić information content (AvgIpc) is 2.64. The number of halogens is 1. The molecule has 22 heavy (non-hydrogen) atoms. The van der Waals surface area contributed by atoms with Crippen LogP contribution < -0.4 is 10.1 Å². The van der Waals surface area contributed by atoms with Gasteiger partial charge in [0.1, 0.15) is 29.7 Å². The number of nitrogens with zero attached hydrogens (tertiary/aromatic N) is 3. The molecule has 3 heterocycles. The second kappa shape index (κ2) is 5.11. The van der Waals surface area contributed by atoms with E-state index in [0.717, 1.165) is 41.5 Å². The van der Waals surface area contributed by atoms with Gasteiger partial charge in [-0.1, -0.05) is 17.7 Å². The highest BCUT2D eigenvalue weighted by molar-refractivity contribution is 6.30. The molecule has 0 spiro atoms. The number of nitrogens with one attached hydrogen (secondary N) is 1. The van der Waals surface area contributed by atoms with Crippen LogP contribution in [0.1, 0.15) is 22.6 Å². The second-order valence-electron chi connectivity index (χ2n) is 6.04. The van der Waals surface area contributed by atoms with Gasteiger partial charge in [0.05, 0.1) is 11.3 Å². The highest BCUT2D eigenvalue weighted by atomic mass is 35.5. The van der Waals surface area contributed by atoms with Gasteiger partial charge >= 0.3 is 0 Å². The summed E-state index contributed by atoms with van der Waals surface area (Å²) in [5, 5.41) is 3.80. The minimum atomic E-state index is 0.376. The van der Waals surface area contributed by atoms with Crippen LogP contribution in [0.15, 0.2) is 18.5 Å². The van der Waals surface area contributed by atoms with Crippen LogP contribution in [0.25, 0.3) is 0 Å². The zero-order valence-corrected chi connectivity index (χ0v) is 13.3. The molecule has 1 saturated heterocycles. The number of rotatable bonds is 1. The van der Waals surface area contributed by atoms with Crippen LogP contribution in [0.5, 0.6) is 5.75 Å². The van der Waals surface area contributed by atoms with Crippen LogP contribution in [0.2, 0.25) is 5.15 Å². The van der Waals surface area contributed by atoms with E-state index >= 15 is 0 Å². The molecule has 1 aromatic heterocycles. The van der Waals surface area contributed by atoms with E-state index in [9.17, 15) is 0 Å². The van der Waals surface area contributed by atoms with Crippen LogP contribution in [-0.4, -0.2) is 35.0 Å². The van der Waals surface area contributed by atoms with E-state index in [-0.39, 0.29) is 0 Å². The summed E-state index contributed by atoms with van der Waals surface area (Å²) in [4.78, 5) is 10.6. The first-order chi connectivity index (χ1) is 10.6. The van der Waals surface area contributed by atoms with Crippen LogP contribution in [-0.2, 0) is 6.61 Å². The van der Waals surface area contributed by atoms with E-state index in [1.165, 1.54) is 11.9 Å². The first-order valence-corrected chi connectivity index (χ1v) is 7.72. The number of ether oxygens (including phenoxy) is 1. The Kier molecular flexibility index (Phi) is 3.20. The van der Waals surface area contributed by atoms with Crippen LogP contribution >= 0.6 is 11.6 Å². The van der Waals surface area contributed by atoms with E-state index in [1.54, 1.807) is 0 Å². The minimum absolute atomic E-state index is 0.376. The van der Waals surface area contributed by atoms with Crippen molar-refractivity contribution in [1.82, 2.24) is 14.9 Å². The molecular formula is C16H17ClN4O. The quantitative estimate of drug-likeness (QED) is 0.819. The summed E-state index contributed by atoms with van der Waals surface area (Å²) in [6, 6.07) is 4.40. The third-order valence-corrected chi connectivity index (χ3v) is 4.66. The van der Waals surface area contributed by atoms with Gasteiger partial charge in [-0.3, -0.25) is 0 Å². The van der Waals surface area contributed by atoms with E-state index < -0.39 is 0 Å². The normalized spacial score (nSPS) is 17.6. The van der Waals surface area contributed by atoms with E-state index in [4.69, 9.17) is 16.3 Å². The highest BCUT2D eigenvalue weighted by Crippen LogP contribution is 2.40. The lowest BCUT2D eigenvalue weighted by Gasteiger charge is -2.37. The zero-order chi connectivity index (χ0) is 15.3. The summed E-state index contributed by atoms with van der Waals surface area (Å²) in [5.74, 6) is 2.18. The van der Waals surface area contributed by atoms with Crippen molar-refractivity contribution in [3.05, 3.63) is 40.3 Å². The molecule has 0 atom stereocenters. The predicted octanol–water partition coefficient (Wildman–Crippen LogP) is 3.10. The Morgan fingerprint density at radius 3 is 2.91 bits per heavy atom. The molecule has 2 aromatic rings. The van der Waals surface area contributed by atoms with Gasteiger partial charge < -0.3 is 15.0 Å². The van der Waals surface area contributed by atoms with Crippen molar-refractivity contribution in [2.75, 3.05) is 25.5 Å². The highest BCUT2D eigenvalue weighted by Gasteiger charge is 2.27. The van der Waals surface area contributed by atoms with Gasteiger partial charge in [-0.2, -0.15) is 0 Å². The fourth-order valence-electron chi connectivity index (χ4n) is 3.13. The van der Waals surface area contributed by atoms with Gasteiger partial charge in [0, 0.05) is 19.0 Å². The summed E-state index contributed by atoms with van der Waals surface area (Å²) in [6.07, 6.45) is 1.47. The standard InChI is InChI=1S/C16H17ClN4O/c1-9-3-10(11-5-21(2)6-11)4-13-14(9)22-7-12-15(17)18-8-19-16(12)20-13/h3-4,8,11H,5-7H2,1-2H3,(H,18,19,20). The van der Waals surface area contributed by atoms with Crippen LogP contribution in [0, 0.1) is 6.92 Å². The van der Waals surface area contributed by atoms with Gasteiger partial charge in [0.15, 0.2) is 0 Å². The zero-order valence-electron chi connectivity index (χ0n) is 12.6. The van der Waals surface area contributed by atoms with E-state index in [1.807, 2.05) is 0 Å². The molecule has 6 heteroatoms. The molecule has 2 aliphatic heterocycles. The van der Waals surface area contributed by atoms with Crippen molar-refractivity contribution in [2.24, 2.45) is 0 Å². The molecule has 0 aliphatic carbocycles. The topological polar surface area (TPSA) is 50.3 Å². The summed E-state index contributed by atoms with van der Waals surface area (Å²) in [5.41, 5.74) is 4.23. The van der Waals surface area contributed by atoms with Crippen molar-refractivity contribution in [3.8, 4) is 5.75 Å². The number of benzene rings is 1. The molecule has 2 aliphatic rings. The number of likely N-dealkylation sites (N-methyl/N-ethyl adjacent to an activating group) is 1. The Labute approximate surface area is 134 Å². The van der Waals surface area contributed by atoms with Crippen molar-refractivity contribution in [2.45, 2.75) is 19.4 Å². The maximum Gasteiger partial charge on any atom is 0.146 e. The lowest BCUT2D eigenvalue weighted by atomic mass is 9.90. The largest absolute Gasteiger partial charge is 0.486 e. The number of hydrogen-bond donors (Lipinski definition) is 1. The molecule has 1 N–H and O–H groups in total. The number of aryl methyl sites for hydroxylation is 1. The van der Waals surface area contributed by atoms with Gasteiger partial charge in [0.2, 0.25) is 0 Å². The van der Waals surface area contributed by atoms with Crippen molar-refractivity contribution >= 4 is 23.1 Å². The molecule has 0 saturated carbocycles. The maximum absolute atomic E-state index is 6.15. The number of likely N-dealkylation sites (tertiary alicyclic amines) is 1. The fourth-order valence-corrected chi connectivity index (χ4v) is 3.32. The average molecular weight is 317 g/mol. The van der Waals surface area contributed by atoms with Gasteiger partial charge in [-0.15, -0.1) is 0 Å². The van der Waals surface area contributed by atoms with Crippen molar-refractivity contribution in [1.29, 1.82) is 0 Å². The van der Waals surface area contributed by atoms with E-state index in [0.29, 0.717) is 17.7 Å². The van der Waals surface area contributed by atoms with Crippen LogP contribution in [0.4, 0.5) is 11.5 Å². The van der Waals surface area contributed by atoms with Crippen molar-refractivity contribution < 1.29 is 4.74 Å². The van der Waals surface area contributed by atoms with Gasteiger partial charge in [0.25, 0.3) is 0 Å². The molecule has 5 nitrogen and oxygen atoms in total. The number of hydrogen-bond acceptors (Lipinski definition) is 5. The van der Waals surface area contributed by atoms with Crippen LogP contribution in [0.3, 0.4) is 0 Å². The molecule has 1 fully saturated rings. The number of aromatic nitrogens is 2. The molecule has 1 aromatic carbocycles. The third kappa shape index (κ3) is 2.21. The molecular weight excluding hydrogens is 300 g/mol. The lowest BCUT2D eigenvalue weighted by molar-refractivity contribution is 0.189. The molecule has 0 radical (unpaired) electrons. The first-order valence-electron chi connectivity index (χ1n) is 7.34. The molecule has 4 rings (SSSR count). The summed E-state index contributed by atoms with van der Waals surface area (Å²) >= 11 is 6.15. The second-order valence-corrected chi connectivity index (χ2v) is 6.40. The van der Waals surface area contributed by atoms with Gasteiger partial charge in [-0.05, 0) is 31.2 Å². The Hall–Kier alpha value is -1.85. The Balaban J connectivity index is 1.75. The van der Waals surface area contributed by atoms with Crippen molar-refractivity contribution in [3.63, 3.8) is 0 Å². The third-order valence-electron chi connectivity index (χ3n) is 4.34. The Morgan fingerprint density at radius 2 is 2.14 bits per heavy atom. The maximum atomic E-state index is 6.15. The molecule has 114 valence electrons. The SMILES string of the molecule is Cc1cc(C2CN(C)C2)cc2c1OCc1c(Cl)ncnc1N2. The molecule has 0 amide bonds. The van der Waals surface area contributed by atoms with E-state index in [2.05, 4.69) is 46.3 Å². The number of fused-ring (bicyclic) bond motifs is 2. The number of anilines is 2. The van der Waals surface area contributed by atoms with Gasteiger partial charge in [-0.25, -0.2) is 9.97 Å². The summed E-state index contributed by atoms with van der Waals surface area (Å²) < 4.78 is 5.96. The first kappa shape index (κ1) is 13.8. The Morgan fingerprint density at radius 1 is 1.32 bits per heavy atom. The predicted molar refractivity (Wildman–Crippen MR) is 86.1 cm³/mol. The summed E-state index contributed by atoms with van der Waals surface area (Å²) in [6.45, 7) is 4.66. The monoisotopic (exact) mass is 316 g/mol. The smallest absolute Gasteiger partial charge is 0.146 e.